The molecule has 3 heterocycles. The molecule has 2 aromatic rings. The molecule has 2 aromatic heterocycles. The Morgan fingerprint density at radius 3 is 3.25 bits per heavy atom. The van der Waals surface area contributed by atoms with Crippen molar-refractivity contribution in [1.82, 2.24) is 19.6 Å². The fraction of sp³-hybridized carbons (Fsp3) is 0.562. The maximum atomic E-state index is 12.4. The van der Waals surface area contributed by atoms with E-state index in [1.807, 2.05) is 17.3 Å². The van der Waals surface area contributed by atoms with Crippen LogP contribution in [0, 0.1) is 5.92 Å². The molecule has 0 aliphatic carbocycles. The summed E-state index contributed by atoms with van der Waals surface area (Å²) >= 11 is 2.97. The van der Waals surface area contributed by atoms with E-state index >= 15 is 0 Å². The van der Waals surface area contributed by atoms with Crippen LogP contribution in [-0.2, 0) is 10.5 Å². The van der Waals surface area contributed by atoms with Crippen LogP contribution in [0.2, 0.25) is 0 Å². The van der Waals surface area contributed by atoms with Crippen LogP contribution < -0.4 is 10.9 Å². The Hall–Kier alpha value is -1.38. The van der Waals surface area contributed by atoms with Crippen molar-refractivity contribution in [3.8, 4) is 0 Å². The van der Waals surface area contributed by atoms with Crippen molar-refractivity contribution in [3.63, 3.8) is 0 Å². The minimum absolute atomic E-state index is 0.0610. The second-order valence-corrected chi connectivity index (χ2v) is 7.90. The highest BCUT2D eigenvalue weighted by molar-refractivity contribution is 7.99. The van der Waals surface area contributed by atoms with E-state index in [9.17, 15) is 9.59 Å². The molecule has 3 rings (SSSR count). The van der Waals surface area contributed by atoms with Gasteiger partial charge in [-0.15, -0.1) is 23.1 Å². The second kappa shape index (κ2) is 8.13. The first kappa shape index (κ1) is 17.4. The lowest BCUT2D eigenvalue weighted by molar-refractivity contribution is -0.130. The van der Waals surface area contributed by atoms with E-state index in [1.54, 1.807) is 16.7 Å². The van der Waals surface area contributed by atoms with Gasteiger partial charge >= 0.3 is 0 Å². The number of nitrogens with one attached hydrogen (secondary N) is 1. The van der Waals surface area contributed by atoms with Crippen LogP contribution in [-0.4, -0.2) is 52.6 Å². The number of aromatic nitrogens is 2. The predicted octanol–water partition coefficient (Wildman–Crippen LogP) is 1.45. The van der Waals surface area contributed by atoms with Crippen LogP contribution in [0.5, 0.6) is 0 Å². The number of hydrogen-bond acceptors (Lipinski definition) is 6. The smallest absolute Gasteiger partial charge is 0.258 e. The van der Waals surface area contributed by atoms with E-state index in [4.69, 9.17) is 0 Å². The van der Waals surface area contributed by atoms with Gasteiger partial charge in [0.25, 0.3) is 5.56 Å². The van der Waals surface area contributed by atoms with Gasteiger partial charge in [-0.05, 0) is 32.4 Å². The van der Waals surface area contributed by atoms with Crippen LogP contribution in [0.4, 0.5) is 0 Å². The van der Waals surface area contributed by atoms with Crippen molar-refractivity contribution >= 4 is 34.0 Å². The molecular weight excluding hydrogens is 344 g/mol. The molecule has 1 aliphatic rings. The molecule has 0 radical (unpaired) electrons. The van der Waals surface area contributed by atoms with Gasteiger partial charge in [0.1, 0.15) is 0 Å². The van der Waals surface area contributed by atoms with Gasteiger partial charge in [0.2, 0.25) is 5.91 Å². The maximum absolute atomic E-state index is 12.4. The van der Waals surface area contributed by atoms with Gasteiger partial charge in [-0.25, -0.2) is 4.98 Å². The molecule has 0 aromatic carbocycles. The van der Waals surface area contributed by atoms with E-state index in [2.05, 4.69) is 10.3 Å². The van der Waals surface area contributed by atoms with Crippen molar-refractivity contribution in [3.05, 3.63) is 33.7 Å². The van der Waals surface area contributed by atoms with Crippen molar-refractivity contribution in [2.75, 3.05) is 32.4 Å². The summed E-state index contributed by atoms with van der Waals surface area (Å²) in [6.45, 7) is 2.67. The summed E-state index contributed by atoms with van der Waals surface area (Å²) in [5.74, 6) is 1.77. The number of thiazole rings is 1. The number of rotatable bonds is 6. The average Bonchev–Trinajstić information content (AvgIpc) is 3.04. The number of carbonyl (C=O) groups is 1. The summed E-state index contributed by atoms with van der Waals surface area (Å²) < 4.78 is 1.54. The van der Waals surface area contributed by atoms with Crippen molar-refractivity contribution in [2.24, 2.45) is 5.92 Å². The number of carbonyl (C=O) groups excluding carboxylic acids is 1. The first-order valence-electron chi connectivity index (χ1n) is 8.13. The summed E-state index contributed by atoms with van der Waals surface area (Å²) in [7, 11) is 1.95. The monoisotopic (exact) mass is 366 g/mol. The molecule has 1 unspecified atom stereocenters. The van der Waals surface area contributed by atoms with Crippen molar-refractivity contribution in [2.45, 2.75) is 18.6 Å². The number of thioether (sulfide) groups is 1. The molecule has 1 fully saturated rings. The summed E-state index contributed by atoms with van der Waals surface area (Å²) in [5.41, 5.74) is 0.682. The van der Waals surface area contributed by atoms with E-state index < -0.39 is 0 Å². The third kappa shape index (κ3) is 4.17. The van der Waals surface area contributed by atoms with Gasteiger partial charge in [0, 0.05) is 36.5 Å². The van der Waals surface area contributed by atoms with Crippen LogP contribution in [0.25, 0.3) is 4.96 Å². The zero-order valence-corrected chi connectivity index (χ0v) is 15.4. The van der Waals surface area contributed by atoms with Gasteiger partial charge in [-0.3, -0.25) is 14.0 Å². The summed E-state index contributed by atoms with van der Waals surface area (Å²) in [6, 6.07) is 1.56. The molecule has 0 bridgehead atoms. The molecule has 0 saturated carbocycles. The predicted molar refractivity (Wildman–Crippen MR) is 98.7 cm³/mol. The third-order valence-corrected chi connectivity index (χ3v) is 5.90. The fourth-order valence-electron chi connectivity index (χ4n) is 3.04. The largest absolute Gasteiger partial charge is 0.342 e. The van der Waals surface area contributed by atoms with Gasteiger partial charge in [0.15, 0.2) is 4.96 Å². The number of nitrogens with zero attached hydrogens (tertiary/aromatic N) is 3. The summed E-state index contributed by atoms with van der Waals surface area (Å²) in [6.07, 6.45) is 4.00. The molecular formula is C16H22N4O2S2. The standard InChI is InChI=1S/C16H22N4O2S2/c1-17-8-12-3-2-4-19(9-12)15(22)11-23-10-13-7-14(21)20-5-6-24-16(20)18-13/h5-7,12,17H,2-4,8-11H2,1H3. The normalized spacial score (nSPS) is 18.2. The number of piperidine rings is 1. The van der Waals surface area contributed by atoms with Crippen LogP contribution in [0.15, 0.2) is 22.4 Å². The first-order chi connectivity index (χ1) is 11.7. The van der Waals surface area contributed by atoms with Gasteiger partial charge in [-0.2, -0.15) is 0 Å². The van der Waals surface area contributed by atoms with E-state index in [1.165, 1.54) is 29.5 Å². The molecule has 0 spiro atoms. The molecule has 1 atom stereocenters. The lowest BCUT2D eigenvalue weighted by atomic mass is 9.98. The van der Waals surface area contributed by atoms with E-state index in [-0.39, 0.29) is 11.5 Å². The third-order valence-electron chi connectivity index (χ3n) is 4.20. The topological polar surface area (TPSA) is 66.7 Å². The summed E-state index contributed by atoms with van der Waals surface area (Å²) in [5, 5.41) is 5.05. The Labute approximate surface area is 149 Å². The average molecular weight is 367 g/mol. The number of amides is 1. The molecule has 24 heavy (non-hydrogen) atoms. The van der Waals surface area contributed by atoms with Crippen LogP contribution >= 0.6 is 23.1 Å². The van der Waals surface area contributed by atoms with Gasteiger partial charge < -0.3 is 10.2 Å². The SMILES string of the molecule is CNCC1CCCN(C(=O)CSCc2cc(=O)n3ccsc3n2)C1. The molecule has 1 aliphatic heterocycles. The lowest BCUT2D eigenvalue weighted by Gasteiger charge is -2.32. The molecule has 6 nitrogen and oxygen atoms in total. The number of hydrogen-bond donors (Lipinski definition) is 1. The molecule has 1 N–H and O–H groups in total. The van der Waals surface area contributed by atoms with Crippen molar-refractivity contribution in [1.29, 1.82) is 0 Å². The molecule has 1 saturated heterocycles. The Morgan fingerprint density at radius 1 is 1.54 bits per heavy atom. The van der Waals surface area contributed by atoms with Gasteiger partial charge in [-0.1, -0.05) is 0 Å². The minimum atomic E-state index is -0.0610. The minimum Gasteiger partial charge on any atom is -0.342 e. The summed E-state index contributed by atoms with van der Waals surface area (Å²) in [4.78, 5) is 31.5. The van der Waals surface area contributed by atoms with Gasteiger partial charge in [0.05, 0.1) is 11.4 Å². The highest BCUT2D eigenvalue weighted by Gasteiger charge is 2.22. The highest BCUT2D eigenvalue weighted by Crippen LogP contribution is 2.18. The van der Waals surface area contributed by atoms with E-state index in [0.29, 0.717) is 22.4 Å². The first-order valence-corrected chi connectivity index (χ1v) is 10.2. The molecule has 8 heteroatoms. The highest BCUT2D eigenvalue weighted by atomic mass is 32.2. The number of fused-ring (bicyclic) bond motifs is 1. The Bertz CT molecular complexity index is 756. The lowest BCUT2D eigenvalue weighted by Crippen LogP contribution is -2.43. The maximum Gasteiger partial charge on any atom is 0.258 e. The van der Waals surface area contributed by atoms with Crippen LogP contribution in [0.3, 0.4) is 0 Å². The van der Waals surface area contributed by atoms with Crippen LogP contribution in [0.1, 0.15) is 18.5 Å². The zero-order valence-electron chi connectivity index (χ0n) is 13.7. The Balaban J connectivity index is 1.51. The zero-order chi connectivity index (χ0) is 16.9. The van der Waals surface area contributed by atoms with Crippen molar-refractivity contribution < 1.29 is 4.79 Å². The number of likely N-dealkylation sites (tertiary alicyclic amines) is 1. The second-order valence-electron chi connectivity index (χ2n) is 6.04. The quantitative estimate of drug-likeness (QED) is 0.838. The Kier molecular flexibility index (Phi) is 5.91. The Morgan fingerprint density at radius 2 is 2.42 bits per heavy atom. The van der Waals surface area contributed by atoms with E-state index in [0.717, 1.165) is 31.7 Å². The molecule has 1 amide bonds. The molecule has 130 valence electrons. The fourth-order valence-corrected chi connectivity index (χ4v) is 4.60.